The Bertz CT molecular complexity index is 75.3. The molecular formula is C3H9NO2S. The van der Waals surface area contributed by atoms with Crippen molar-refractivity contribution in [3.05, 3.63) is 0 Å². The molecule has 0 aliphatic carbocycles. The smallest absolute Gasteiger partial charge is 0.156 e. The molecule has 0 aromatic heterocycles. The number of nitrogens with two attached hydrogens (primary N) is 1. The highest BCUT2D eigenvalue weighted by Crippen LogP contribution is 1.85. The van der Waals surface area contributed by atoms with E-state index in [9.17, 15) is 4.21 Å². The number of hydrogen-bond donors (Lipinski definition) is 2. The second-order valence-electron chi connectivity index (χ2n) is 1.32. The molecule has 0 saturated heterocycles. The van der Waals surface area contributed by atoms with Crippen LogP contribution in [0.5, 0.6) is 0 Å². The van der Waals surface area contributed by atoms with E-state index in [2.05, 4.69) is 0 Å². The van der Waals surface area contributed by atoms with E-state index in [1.54, 1.807) is 6.92 Å². The number of hydrogen-bond acceptors (Lipinski definition) is 2. The van der Waals surface area contributed by atoms with E-state index in [-0.39, 0.29) is 11.8 Å². The predicted octanol–water partition coefficient (Wildman–Crippen LogP) is -0.445. The molecule has 7 heavy (non-hydrogen) atoms. The Kier molecular flexibility index (Phi) is 3.15. The Morgan fingerprint density at radius 2 is 2.43 bits per heavy atom. The van der Waals surface area contributed by atoms with Crippen LogP contribution >= 0.6 is 0 Å². The van der Waals surface area contributed by atoms with Gasteiger partial charge in [0.1, 0.15) is 0 Å². The summed E-state index contributed by atoms with van der Waals surface area (Å²) in [6.45, 7) is 1.89. The third-order valence-corrected chi connectivity index (χ3v) is 1.56. The Balaban J connectivity index is 3.34. The Hall–Kier alpha value is 0.0700. The molecule has 0 aliphatic heterocycles. The summed E-state index contributed by atoms with van der Waals surface area (Å²) in [5.41, 5.74) is 5.02. The molecular weight excluding hydrogens is 114 g/mol. The van der Waals surface area contributed by atoms with Gasteiger partial charge in [-0.3, -0.25) is 0 Å². The molecule has 2 atom stereocenters. The Labute approximate surface area is 45.2 Å². The van der Waals surface area contributed by atoms with Crippen LogP contribution in [0.4, 0.5) is 0 Å². The second kappa shape index (κ2) is 3.12. The van der Waals surface area contributed by atoms with Gasteiger partial charge in [0.15, 0.2) is 11.1 Å². The molecule has 0 aromatic carbocycles. The van der Waals surface area contributed by atoms with Crippen molar-refractivity contribution in [2.24, 2.45) is 5.73 Å². The molecule has 0 aromatic rings. The topological polar surface area (TPSA) is 63.3 Å². The Morgan fingerprint density at radius 3 is 2.43 bits per heavy atom. The van der Waals surface area contributed by atoms with Gasteiger partial charge in [0.25, 0.3) is 0 Å². The van der Waals surface area contributed by atoms with E-state index < -0.39 is 11.1 Å². The molecule has 0 heterocycles. The normalized spacial score (nSPS) is 18.7. The van der Waals surface area contributed by atoms with Crippen molar-refractivity contribution in [3.63, 3.8) is 0 Å². The molecule has 3 nitrogen and oxygen atoms in total. The van der Waals surface area contributed by atoms with Crippen molar-refractivity contribution >= 4 is 11.1 Å². The fraction of sp³-hybridized carbons (Fsp3) is 1.00. The third-order valence-electron chi connectivity index (χ3n) is 0.676. The summed E-state index contributed by atoms with van der Waals surface area (Å²) in [5, 5.41) is -0.292. The van der Waals surface area contributed by atoms with E-state index in [0.717, 1.165) is 0 Å². The van der Waals surface area contributed by atoms with E-state index >= 15 is 0 Å². The fourth-order valence-electron chi connectivity index (χ4n) is 0.0823. The highest BCUT2D eigenvalue weighted by Gasteiger charge is 2.02. The summed E-state index contributed by atoms with van der Waals surface area (Å²) in [6, 6.07) is 0. The maximum absolute atomic E-state index is 9.96. The number of rotatable bonds is 2. The minimum Gasteiger partial charge on any atom is -0.329 e. The van der Waals surface area contributed by atoms with E-state index in [0.29, 0.717) is 0 Å². The van der Waals surface area contributed by atoms with Crippen LogP contribution in [0.25, 0.3) is 0 Å². The summed E-state index contributed by atoms with van der Waals surface area (Å²) in [6.07, 6.45) is 0. The van der Waals surface area contributed by atoms with Gasteiger partial charge in [0.05, 0.1) is 5.25 Å². The van der Waals surface area contributed by atoms with Crippen LogP contribution in [0.2, 0.25) is 0 Å². The van der Waals surface area contributed by atoms with Crippen LogP contribution in [0.1, 0.15) is 6.92 Å². The lowest BCUT2D eigenvalue weighted by Crippen LogP contribution is -2.20. The minimum absolute atomic E-state index is 0.267. The molecule has 4 heteroatoms. The highest BCUT2D eigenvalue weighted by molar-refractivity contribution is 7.79. The van der Waals surface area contributed by atoms with Crippen molar-refractivity contribution < 1.29 is 8.76 Å². The average molecular weight is 123 g/mol. The van der Waals surface area contributed by atoms with E-state index in [1.807, 2.05) is 0 Å². The van der Waals surface area contributed by atoms with Gasteiger partial charge in [-0.1, -0.05) is 0 Å². The van der Waals surface area contributed by atoms with Gasteiger partial charge in [0.2, 0.25) is 0 Å². The first-order valence-corrected chi connectivity index (χ1v) is 3.15. The zero-order chi connectivity index (χ0) is 5.86. The van der Waals surface area contributed by atoms with Crippen molar-refractivity contribution in [2.75, 3.05) is 6.54 Å². The van der Waals surface area contributed by atoms with Crippen LogP contribution in [0, 0.1) is 0 Å². The maximum Gasteiger partial charge on any atom is 0.156 e. The highest BCUT2D eigenvalue weighted by atomic mass is 32.2. The van der Waals surface area contributed by atoms with Crippen LogP contribution < -0.4 is 5.73 Å². The SMILES string of the molecule is C[C@@H](CN)S(=O)O. The zero-order valence-corrected chi connectivity index (χ0v) is 4.94. The molecule has 0 spiro atoms. The van der Waals surface area contributed by atoms with Crippen LogP contribution in [0.3, 0.4) is 0 Å². The second-order valence-corrected chi connectivity index (χ2v) is 2.68. The average Bonchev–Trinajstić information content (AvgIpc) is 1.65. The van der Waals surface area contributed by atoms with Gasteiger partial charge in [-0.15, -0.1) is 0 Å². The fourth-order valence-corrected chi connectivity index (χ4v) is 0.247. The predicted molar refractivity (Wildman–Crippen MR) is 29.3 cm³/mol. The minimum atomic E-state index is -1.74. The van der Waals surface area contributed by atoms with Crippen molar-refractivity contribution in [1.29, 1.82) is 0 Å². The Morgan fingerprint density at radius 1 is 2.00 bits per heavy atom. The van der Waals surface area contributed by atoms with Crippen LogP contribution in [0.15, 0.2) is 0 Å². The first-order valence-electron chi connectivity index (χ1n) is 1.98. The molecule has 3 N–H and O–H groups in total. The van der Waals surface area contributed by atoms with Crippen LogP contribution in [-0.2, 0) is 11.1 Å². The lowest BCUT2D eigenvalue weighted by Gasteiger charge is -1.98. The van der Waals surface area contributed by atoms with Gasteiger partial charge in [-0.2, -0.15) is 0 Å². The molecule has 1 unspecified atom stereocenters. The van der Waals surface area contributed by atoms with Gasteiger partial charge < -0.3 is 10.3 Å². The lowest BCUT2D eigenvalue weighted by atomic mass is 10.5. The zero-order valence-electron chi connectivity index (χ0n) is 4.13. The van der Waals surface area contributed by atoms with Gasteiger partial charge in [0, 0.05) is 6.54 Å². The molecule has 0 aliphatic rings. The first-order chi connectivity index (χ1) is 3.18. The summed E-state index contributed by atoms with van der Waals surface area (Å²) in [4.78, 5) is 0. The summed E-state index contributed by atoms with van der Waals surface area (Å²) < 4.78 is 18.2. The van der Waals surface area contributed by atoms with Crippen molar-refractivity contribution in [2.45, 2.75) is 12.2 Å². The first kappa shape index (κ1) is 7.07. The summed E-state index contributed by atoms with van der Waals surface area (Å²) in [5.74, 6) is 0. The monoisotopic (exact) mass is 123 g/mol. The van der Waals surface area contributed by atoms with Gasteiger partial charge in [-0.05, 0) is 6.92 Å². The molecule has 0 fully saturated rings. The summed E-state index contributed by atoms with van der Waals surface area (Å²) in [7, 11) is 0. The lowest BCUT2D eigenvalue weighted by molar-refractivity contribution is 0.552. The van der Waals surface area contributed by atoms with E-state index in [1.165, 1.54) is 0 Å². The molecule has 0 rings (SSSR count). The standard InChI is InChI=1S/C3H9NO2S/c1-3(2-4)7(5)6/h3H,2,4H2,1H3,(H,5,6)/t3-/m0/s1. The van der Waals surface area contributed by atoms with Crippen LogP contribution in [-0.4, -0.2) is 20.6 Å². The third kappa shape index (κ3) is 2.73. The van der Waals surface area contributed by atoms with Gasteiger partial charge in [-0.25, -0.2) is 4.21 Å². The van der Waals surface area contributed by atoms with Gasteiger partial charge >= 0.3 is 0 Å². The summed E-state index contributed by atoms with van der Waals surface area (Å²) >= 11 is -1.74. The van der Waals surface area contributed by atoms with Crippen molar-refractivity contribution in [1.82, 2.24) is 0 Å². The molecule has 0 amide bonds. The largest absolute Gasteiger partial charge is 0.329 e. The van der Waals surface area contributed by atoms with E-state index in [4.69, 9.17) is 10.3 Å². The molecule has 44 valence electrons. The maximum atomic E-state index is 9.96. The van der Waals surface area contributed by atoms with Crippen molar-refractivity contribution in [3.8, 4) is 0 Å². The quantitative estimate of drug-likeness (QED) is 0.489. The molecule has 0 radical (unpaired) electrons. The molecule has 0 saturated carbocycles. The molecule has 0 bridgehead atoms.